The zero-order valence-electron chi connectivity index (χ0n) is 18.0. The predicted molar refractivity (Wildman–Crippen MR) is 115 cm³/mol. The minimum Gasteiger partial charge on any atom is -0.493 e. The summed E-state index contributed by atoms with van der Waals surface area (Å²) in [7, 11) is 0. The molecule has 0 heterocycles. The van der Waals surface area contributed by atoms with E-state index in [1.807, 2.05) is 58.0 Å². The lowest BCUT2D eigenvalue weighted by atomic mass is 9.87. The molecule has 0 saturated heterocycles. The molecule has 0 atom stereocenters. The first-order valence-corrected chi connectivity index (χ1v) is 9.63. The van der Waals surface area contributed by atoms with E-state index in [0.717, 1.165) is 12.4 Å². The maximum absolute atomic E-state index is 5.47. The van der Waals surface area contributed by atoms with Crippen LogP contribution in [0.5, 0.6) is 5.75 Å². The lowest BCUT2D eigenvalue weighted by molar-refractivity contribution is 0.271. The lowest BCUT2D eigenvalue weighted by Gasteiger charge is -2.18. The topological polar surface area (TPSA) is 9.23 Å². The molecule has 0 spiro atoms. The number of para-hydroxylation sites is 1. The van der Waals surface area contributed by atoms with Gasteiger partial charge in [-0.1, -0.05) is 111 Å². The third-order valence-corrected chi connectivity index (χ3v) is 2.97. The monoisotopic (exact) mass is 344 g/mol. The molecule has 0 bridgehead atoms. The fourth-order valence-electron chi connectivity index (χ4n) is 1.72. The Balaban J connectivity index is 0. The molecule has 2 rings (SSSR count). The van der Waals surface area contributed by atoms with Gasteiger partial charge in [-0.2, -0.15) is 0 Å². The van der Waals surface area contributed by atoms with Crippen molar-refractivity contribution in [2.45, 2.75) is 67.7 Å². The van der Waals surface area contributed by atoms with E-state index in [9.17, 15) is 0 Å². The van der Waals surface area contributed by atoms with Crippen LogP contribution in [0, 0.1) is 5.92 Å². The molecule has 0 unspecified atom stereocenters. The fraction of sp³-hybridized carbons (Fsp3) is 0.500. The molecule has 0 fully saturated rings. The van der Waals surface area contributed by atoms with E-state index in [1.54, 1.807) is 0 Å². The Morgan fingerprint density at radius 3 is 1.44 bits per heavy atom. The SMILES string of the molecule is CC.CC.CC(C)(C)c1ccccc1.CC(C)COc1ccccc1. The summed E-state index contributed by atoms with van der Waals surface area (Å²) >= 11 is 0. The van der Waals surface area contributed by atoms with Crippen LogP contribution in [-0.4, -0.2) is 6.61 Å². The smallest absolute Gasteiger partial charge is 0.119 e. The highest BCUT2D eigenvalue weighted by molar-refractivity contribution is 5.22. The summed E-state index contributed by atoms with van der Waals surface area (Å²) in [5.41, 5.74) is 1.69. The van der Waals surface area contributed by atoms with Gasteiger partial charge in [-0.05, 0) is 29.0 Å². The summed E-state index contributed by atoms with van der Waals surface area (Å²) < 4.78 is 5.47. The average Bonchev–Trinajstić information content (AvgIpc) is 2.65. The van der Waals surface area contributed by atoms with Crippen molar-refractivity contribution in [2.75, 3.05) is 6.61 Å². The summed E-state index contributed by atoms with van der Waals surface area (Å²) in [6.07, 6.45) is 0. The van der Waals surface area contributed by atoms with Crippen LogP contribution in [0.15, 0.2) is 60.7 Å². The van der Waals surface area contributed by atoms with Gasteiger partial charge in [-0.15, -0.1) is 0 Å². The van der Waals surface area contributed by atoms with Crippen LogP contribution in [0.4, 0.5) is 0 Å². The fourth-order valence-corrected chi connectivity index (χ4v) is 1.72. The second kappa shape index (κ2) is 15.7. The van der Waals surface area contributed by atoms with Crippen LogP contribution in [0.1, 0.15) is 67.9 Å². The Kier molecular flexibility index (Phi) is 16.1. The maximum atomic E-state index is 5.47. The molecule has 142 valence electrons. The molecule has 1 heteroatoms. The summed E-state index contributed by atoms with van der Waals surface area (Å²) in [5, 5.41) is 0. The minimum atomic E-state index is 0.293. The van der Waals surface area contributed by atoms with Gasteiger partial charge in [-0.25, -0.2) is 0 Å². The van der Waals surface area contributed by atoms with Crippen molar-refractivity contribution in [3.63, 3.8) is 0 Å². The second-order valence-corrected chi connectivity index (χ2v) is 6.63. The number of ether oxygens (including phenoxy) is 1. The van der Waals surface area contributed by atoms with Crippen LogP contribution < -0.4 is 4.74 Å². The van der Waals surface area contributed by atoms with Gasteiger partial charge in [0.2, 0.25) is 0 Å². The van der Waals surface area contributed by atoms with Gasteiger partial charge in [0.1, 0.15) is 5.75 Å². The van der Waals surface area contributed by atoms with Gasteiger partial charge in [0, 0.05) is 0 Å². The zero-order chi connectivity index (χ0) is 19.7. The summed E-state index contributed by atoms with van der Waals surface area (Å²) in [6.45, 7) is 19.8. The summed E-state index contributed by atoms with van der Waals surface area (Å²) in [5.74, 6) is 1.55. The average molecular weight is 345 g/mol. The summed E-state index contributed by atoms with van der Waals surface area (Å²) in [6, 6.07) is 20.5. The highest BCUT2D eigenvalue weighted by atomic mass is 16.5. The Hall–Kier alpha value is -1.76. The molecule has 0 saturated carbocycles. The largest absolute Gasteiger partial charge is 0.493 e. The van der Waals surface area contributed by atoms with E-state index in [-0.39, 0.29) is 0 Å². The van der Waals surface area contributed by atoms with E-state index >= 15 is 0 Å². The van der Waals surface area contributed by atoms with Crippen molar-refractivity contribution in [3.8, 4) is 5.75 Å². The first kappa shape index (κ1) is 25.5. The molecule has 2 aromatic carbocycles. The molecule has 0 N–H and O–H groups in total. The van der Waals surface area contributed by atoms with Gasteiger partial charge in [-0.3, -0.25) is 0 Å². The first-order valence-electron chi connectivity index (χ1n) is 9.63. The van der Waals surface area contributed by atoms with Crippen molar-refractivity contribution in [2.24, 2.45) is 5.92 Å². The lowest BCUT2D eigenvalue weighted by Crippen LogP contribution is -2.10. The molecule has 0 aliphatic carbocycles. The third kappa shape index (κ3) is 14.3. The van der Waals surface area contributed by atoms with Crippen molar-refractivity contribution in [3.05, 3.63) is 66.2 Å². The first-order chi connectivity index (χ1) is 11.9. The van der Waals surface area contributed by atoms with Gasteiger partial charge in [0.05, 0.1) is 6.61 Å². The van der Waals surface area contributed by atoms with Crippen LogP contribution in [0.25, 0.3) is 0 Å². The van der Waals surface area contributed by atoms with Crippen molar-refractivity contribution < 1.29 is 4.74 Å². The zero-order valence-corrected chi connectivity index (χ0v) is 18.0. The van der Waals surface area contributed by atoms with Crippen LogP contribution >= 0.6 is 0 Å². The standard InChI is InChI=1S/C10H14O.C10H14.2C2H6/c1-9(2)8-11-10-6-4-3-5-7-10;1-10(2,3)9-7-5-4-6-8-9;2*1-2/h3-7,9H,8H2,1-2H3;4-8H,1-3H3;2*1-2H3. The van der Waals surface area contributed by atoms with Gasteiger partial charge < -0.3 is 4.74 Å². The van der Waals surface area contributed by atoms with Gasteiger partial charge in [0.15, 0.2) is 0 Å². The molecule has 0 aromatic heterocycles. The third-order valence-electron chi connectivity index (χ3n) is 2.97. The number of hydrogen-bond acceptors (Lipinski definition) is 1. The van der Waals surface area contributed by atoms with E-state index in [2.05, 4.69) is 65.0 Å². The maximum Gasteiger partial charge on any atom is 0.119 e. The normalized spacial score (nSPS) is 9.52. The molecular weight excluding hydrogens is 304 g/mol. The second-order valence-electron chi connectivity index (χ2n) is 6.63. The van der Waals surface area contributed by atoms with Crippen molar-refractivity contribution >= 4 is 0 Å². The van der Waals surface area contributed by atoms with Gasteiger partial charge in [0.25, 0.3) is 0 Å². The van der Waals surface area contributed by atoms with E-state index in [0.29, 0.717) is 11.3 Å². The number of benzene rings is 2. The molecule has 1 nitrogen and oxygen atoms in total. The highest BCUT2D eigenvalue weighted by Crippen LogP contribution is 2.20. The van der Waals surface area contributed by atoms with Crippen LogP contribution in [-0.2, 0) is 5.41 Å². The van der Waals surface area contributed by atoms with Crippen molar-refractivity contribution in [1.29, 1.82) is 0 Å². The quantitative estimate of drug-likeness (QED) is 0.553. The van der Waals surface area contributed by atoms with E-state index in [4.69, 9.17) is 4.74 Å². The van der Waals surface area contributed by atoms with Crippen molar-refractivity contribution in [1.82, 2.24) is 0 Å². The molecule has 0 aliphatic rings. The molecule has 25 heavy (non-hydrogen) atoms. The Bertz CT molecular complexity index is 481. The van der Waals surface area contributed by atoms with Gasteiger partial charge >= 0.3 is 0 Å². The Morgan fingerprint density at radius 2 is 1.12 bits per heavy atom. The number of hydrogen-bond donors (Lipinski definition) is 0. The van der Waals surface area contributed by atoms with E-state index in [1.165, 1.54) is 5.56 Å². The molecule has 0 radical (unpaired) electrons. The predicted octanol–water partition coefficient (Wildman–Crippen LogP) is 7.76. The molecule has 0 aliphatic heterocycles. The molecular formula is C24H40O. The molecule has 0 amide bonds. The minimum absolute atomic E-state index is 0.293. The van der Waals surface area contributed by atoms with Crippen LogP contribution in [0.3, 0.4) is 0 Å². The Labute approximate surface area is 157 Å². The Morgan fingerprint density at radius 1 is 0.720 bits per heavy atom. The van der Waals surface area contributed by atoms with Crippen LogP contribution in [0.2, 0.25) is 0 Å². The highest BCUT2D eigenvalue weighted by Gasteiger charge is 2.11. The van der Waals surface area contributed by atoms with E-state index < -0.39 is 0 Å². The summed E-state index contributed by atoms with van der Waals surface area (Å²) in [4.78, 5) is 0. The molecule has 2 aromatic rings. The number of rotatable bonds is 3.